The van der Waals surface area contributed by atoms with E-state index in [9.17, 15) is 4.79 Å². The van der Waals surface area contributed by atoms with Crippen molar-refractivity contribution in [1.29, 1.82) is 0 Å². The lowest BCUT2D eigenvalue weighted by Crippen LogP contribution is -2.36. The van der Waals surface area contributed by atoms with Gasteiger partial charge in [0.25, 0.3) is 0 Å². The van der Waals surface area contributed by atoms with Crippen LogP contribution in [-0.2, 0) is 18.7 Å². The highest BCUT2D eigenvalue weighted by Gasteiger charge is 2.23. The van der Waals surface area contributed by atoms with Crippen LogP contribution in [0, 0.1) is 0 Å². The molecule has 84 valence electrons. The number of ether oxygens (including phenoxy) is 2. The zero-order valence-electron chi connectivity index (χ0n) is 9.62. The zero-order valence-corrected chi connectivity index (χ0v) is 10.6. The molecule has 0 radical (unpaired) electrons. The normalized spacial score (nSPS) is 13.8. The first kappa shape index (κ1) is 13.6. The van der Waals surface area contributed by atoms with Crippen LogP contribution < -0.4 is 0 Å². The van der Waals surface area contributed by atoms with Gasteiger partial charge >= 0.3 is 5.97 Å². The smallest absolute Gasteiger partial charge is 0.333 e. The molecule has 0 aliphatic heterocycles. The van der Waals surface area contributed by atoms with Crippen molar-refractivity contribution < 1.29 is 18.7 Å². The number of carbonyl (C=O) groups excluding carboxylic acids is 1. The van der Waals surface area contributed by atoms with Gasteiger partial charge in [-0.25, -0.2) is 4.79 Å². The number of hydrogen-bond acceptors (Lipinski definition) is 4. The van der Waals surface area contributed by atoms with Gasteiger partial charge in [-0.05, 0) is 26.6 Å². The maximum Gasteiger partial charge on any atom is 0.333 e. The van der Waals surface area contributed by atoms with E-state index in [1.807, 2.05) is 19.6 Å². The number of carbonyl (C=O) groups is 1. The summed E-state index contributed by atoms with van der Waals surface area (Å²) in [5, 5.41) is 0. The second kappa shape index (κ2) is 6.16. The molecule has 0 saturated carbocycles. The SMILES string of the molecule is COCCOC(=O)C(C)O[Si](C)(C)C. The lowest BCUT2D eigenvalue weighted by Gasteiger charge is -2.22. The van der Waals surface area contributed by atoms with Crippen LogP contribution in [0.4, 0.5) is 0 Å². The van der Waals surface area contributed by atoms with Crippen LogP contribution in [0.2, 0.25) is 19.6 Å². The Labute approximate surface area is 86.7 Å². The van der Waals surface area contributed by atoms with Crippen LogP contribution >= 0.6 is 0 Å². The summed E-state index contributed by atoms with van der Waals surface area (Å²) < 4.78 is 15.2. The fourth-order valence-electron chi connectivity index (χ4n) is 0.921. The highest BCUT2D eigenvalue weighted by molar-refractivity contribution is 6.69. The van der Waals surface area contributed by atoms with Crippen LogP contribution in [-0.4, -0.2) is 40.7 Å². The van der Waals surface area contributed by atoms with Crippen LogP contribution in [0.3, 0.4) is 0 Å². The molecule has 0 aliphatic carbocycles. The van der Waals surface area contributed by atoms with E-state index < -0.39 is 14.4 Å². The molecule has 0 fully saturated rings. The van der Waals surface area contributed by atoms with E-state index in [4.69, 9.17) is 13.9 Å². The molecular formula is C9H20O4Si. The first-order valence-corrected chi connectivity index (χ1v) is 8.11. The molecule has 1 unspecified atom stereocenters. The summed E-state index contributed by atoms with van der Waals surface area (Å²) in [6.45, 7) is 8.53. The van der Waals surface area contributed by atoms with Crippen molar-refractivity contribution in [1.82, 2.24) is 0 Å². The maximum absolute atomic E-state index is 11.3. The topological polar surface area (TPSA) is 44.8 Å². The van der Waals surface area contributed by atoms with Crippen molar-refractivity contribution in [3.63, 3.8) is 0 Å². The Kier molecular flexibility index (Phi) is 5.99. The van der Waals surface area contributed by atoms with Crippen LogP contribution in [0.5, 0.6) is 0 Å². The summed E-state index contributed by atoms with van der Waals surface area (Å²) in [5.41, 5.74) is 0. The Morgan fingerprint density at radius 3 is 2.29 bits per heavy atom. The second-order valence-corrected chi connectivity index (χ2v) is 8.49. The van der Waals surface area contributed by atoms with E-state index in [2.05, 4.69) is 0 Å². The molecule has 0 bridgehead atoms. The molecule has 1 atom stereocenters. The molecule has 14 heavy (non-hydrogen) atoms. The monoisotopic (exact) mass is 220 g/mol. The third kappa shape index (κ3) is 7.05. The van der Waals surface area contributed by atoms with Gasteiger partial charge in [0.2, 0.25) is 0 Å². The number of methoxy groups -OCH3 is 1. The van der Waals surface area contributed by atoms with Gasteiger partial charge in [-0.2, -0.15) is 0 Å². The summed E-state index contributed by atoms with van der Waals surface area (Å²) in [6, 6.07) is 0. The minimum atomic E-state index is -1.66. The Bertz CT molecular complexity index is 176. The molecule has 0 aromatic carbocycles. The molecular weight excluding hydrogens is 200 g/mol. The molecule has 0 aromatic heterocycles. The molecule has 0 saturated heterocycles. The van der Waals surface area contributed by atoms with Crippen molar-refractivity contribution in [3.05, 3.63) is 0 Å². The average molecular weight is 220 g/mol. The fourth-order valence-corrected chi connectivity index (χ4v) is 2.08. The summed E-state index contributed by atoms with van der Waals surface area (Å²) >= 11 is 0. The number of hydrogen-bond donors (Lipinski definition) is 0. The van der Waals surface area contributed by atoms with Gasteiger partial charge in [-0.3, -0.25) is 0 Å². The maximum atomic E-state index is 11.3. The highest BCUT2D eigenvalue weighted by Crippen LogP contribution is 2.07. The van der Waals surface area contributed by atoms with Gasteiger partial charge < -0.3 is 13.9 Å². The van der Waals surface area contributed by atoms with Gasteiger partial charge in [0.05, 0.1) is 6.61 Å². The Hall–Kier alpha value is -0.393. The number of rotatable bonds is 6. The Morgan fingerprint density at radius 1 is 1.29 bits per heavy atom. The van der Waals surface area contributed by atoms with E-state index >= 15 is 0 Å². The van der Waals surface area contributed by atoms with Gasteiger partial charge in [0, 0.05) is 7.11 Å². The quantitative estimate of drug-likeness (QED) is 0.386. The summed E-state index contributed by atoms with van der Waals surface area (Å²) in [5.74, 6) is -0.315. The first-order chi connectivity index (χ1) is 6.37. The lowest BCUT2D eigenvalue weighted by molar-refractivity contribution is -0.152. The van der Waals surface area contributed by atoms with Crippen molar-refractivity contribution in [2.45, 2.75) is 32.7 Å². The van der Waals surface area contributed by atoms with Crippen molar-refractivity contribution >= 4 is 14.3 Å². The number of esters is 1. The van der Waals surface area contributed by atoms with Crippen molar-refractivity contribution in [3.8, 4) is 0 Å². The summed E-state index contributed by atoms with van der Waals surface area (Å²) in [7, 11) is -0.0974. The minimum absolute atomic E-state index is 0.286. The van der Waals surface area contributed by atoms with Gasteiger partial charge in [0.15, 0.2) is 8.32 Å². The van der Waals surface area contributed by atoms with Gasteiger partial charge in [-0.1, -0.05) is 0 Å². The van der Waals surface area contributed by atoms with Crippen molar-refractivity contribution in [2.75, 3.05) is 20.3 Å². The van der Waals surface area contributed by atoms with E-state index in [-0.39, 0.29) is 12.6 Å². The molecule has 0 aliphatic rings. The first-order valence-electron chi connectivity index (χ1n) is 4.70. The Balaban J connectivity index is 3.77. The lowest BCUT2D eigenvalue weighted by atomic mass is 10.4. The Morgan fingerprint density at radius 2 is 1.86 bits per heavy atom. The molecule has 0 spiro atoms. The van der Waals surface area contributed by atoms with Gasteiger partial charge in [-0.15, -0.1) is 0 Å². The summed E-state index contributed by atoms with van der Waals surface area (Å²) in [4.78, 5) is 11.3. The molecule has 4 nitrogen and oxygen atoms in total. The third-order valence-corrected chi connectivity index (χ3v) is 2.45. The van der Waals surface area contributed by atoms with E-state index in [1.165, 1.54) is 0 Å². The van der Waals surface area contributed by atoms with Crippen LogP contribution in [0.25, 0.3) is 0 Å². The van der Waals surface area contributed by atoms with Crippen LogP contribution in [0.15, 0.2) is 0 Å². The predicted molar refractivity (Wildman–Crippen MR) is 56.7 cm³/mol. The van der Waals surface area contributed by atoms with Crippen molar-refractivity contribution in [2.24, 2.45) is 0 Å². The average Bonchev–Trinajstić information content (AvgIpc) is 2.01. The second-order valence-electron chi connectivity index (χ2n) is 4.03. The molecule has 0 heterocycles. The van der Waals surface area contributed by atoms with E-state index in [1.54, 1.807) is 14.0 Å². The highest BCUT2D eigenvalue weighted by atomic mass is 28.4. The third-order valence-electron chi connectivity index (χ3n) is 1.39. The summed E-state index contributed by atoms with van der Waals surface area (Å²) in [6.07, 6.45) is -0.474. The van der Waals surface area contributed by atoms with E-state index in [0.29, 0.717) is 6.61 Å². The standard InChI is InChI=1S/C9H20O4Si/c1-8(13-14(3,4)5)9(10)12-7-6-11-2/h8H,6-7H2,1-5H3. The molecule has 0 rings (SSSR count). The fraction of sp³-hybridized carbons (Fsp3) is 0.889. The van der Waals surface area contributed by atoms with E-state index in [0.717, 1.165) is 0 Å². The van der Waals surface area contributed by atoms with Crippen LogP contribution in [0.1, 0.15) is 6.92 Å². The molecule has 5 heteroatoms. The molecule has 0 N–H and O–H groups in total. The zero-order chi connectivity index (χ0) is 11.2. The van der Waals surface area contributed by atoms with Gasteiger partial charge in [0.1, 0.15) is 12.7 Å². The largest absolute Gasteiger partial charge is 0.461 e. The molecule has 0 amide bonds. The minimum Gasteiger partial charge on any atom is -0.461 e. The molecule has 0 aromatic rings. The predicted octanol–water partition coefficient (Wildman–Crippen LogP) is 1.42.